The normalized spacial score (nSPS) is 9.47. The van der Waals surface area contributed by atoms with Gasteiger partial charge in [-0.2, -0.15) is 0 Å². The van der Waals surface area contributed by atoms with Crippen LogP contribution < -0.4 is 10.1 Å². The molecular weight excluding hydrogens is 210 g/mol. The van der Waals surface area contributed by atoms with Crippen LogP contribution in [0.2, 0.25) is 0 Å². The Balaban J connectivity index is 0.00000196. The lowest BCUT2D eigenvalue weighted by Crippen LogP contribution is -2.20. The number of para-hydroxylation sites is 1. The molecule has 0 aromatic heterocycles. The van der Waals surface area contributed by atoms with Gasteiger partial charge < -0.3 is 10.1 Å². The molecule has 0 saturated heterocycles. The van der Waals surface area contributed by atoms with Crippen LogP contribution in [0.1, 0.15) is 19.4 Å². The van der Waals surface area contributed by atoms with E-state index in [2.05, 4.69) is 31.3 Å². The highest BCUT2D eigenvalue weighted by Gasteiger charge is 1.98. The first-order valence-electron chi connectivity index (χ1n) is 5.30. The summed E-state index contributed by atoms with van der Waals surface area (Å²) >= 11 is 0. The van der Waals surface area contributed by atoms with Crippen molar-refractivity contribution in [3.63, 3.8) is 0 Å². The van der Waals surface area contributed by atoms with Crippen molar-refractivity contribution < 1.29 is 4.74 Å². The molecule has 0 fully saturated rings. The average molecular weight is 230 g/mol. The van der Waals surface area contributed by atoms with E-state index in [9.17, 15) is 0 Å². The lowest BCUT2D eigenvalue weighted by atomic mass is 10.1. The van der Waals surface area contributed by atoms with E-state index in [0.717, 1.165) is 31.9 Å². The Labute approximate surface area is 98.4 Å². The van der Waals surface area contributed by atoms with Gasteiger partial charge in [-0.05, 0) is 24.6 Å². The Hall–Kier alpha value is -0.730. The zero-order valence-electron chi connectivity index (χ0n) is 9.45. The molecule has 0 bridgehead atoms. The third kappa shape index (κ3) is 5.05. The molecular formula is C12H20ClNO. The van der Waals surface area contributed by atoms with Crippen LogP contribution in [0.3, 0.4) is 0 Å². The molecule has 0 amide bonds. The summed E-state index contributed by atoms with van der Waals surface area (Å²) in [6, 6.07) is 8.21. The first kappa shape index (κ1) is 14.3. The minimum atomic E-state index is 0. The van der Waals surface area contributed by atoms with E-state index >= 15 is 0 Å². The van der Waals surface area contributed by atoms with Gasteiger partial charge in [-0.1, -0.05) is 32.0 Å². The molecule has 0 unspecified atom stereocenters. The Kier molecular flexibility index (Phi) is 8.15. The second-order valence-corrected chi connectivity index (χ2v) is 3.16. The molecule has 0 heterocycles. The minimum Gasteiger partial charge on any atom is -0.492 e. The second kappa shape index (κ2) is 8.57. The van der Waals surface area contributed by atoms with Gasteiger partial charge in [0.15, 0.2) is 0 Å². The molecule has 0 aliphatic heterocycles. The van der Waals surface area contributed by atoms with Crippen molar-refractivity contribution in [2.24, 2.45) is 0 Å². The molecule has 15 heavy (non-hydrogen) atoms. The molecule has 0 aliphatic carbocycles. The number of nitrogens with one attached hydrogen (secondary N) is 1. The van der Waals surface area contributed by atoms with Gasteiger partial charge >= 0.3 is 0 Å². The minimum absolute atomic E-state index is 0. The Morgan fingerprint density at radius 1 is 1.20 bits per heavy atom. The van der Waals surface area contributed by atoms with E-state index in [1.807, 2.05) is 12.1 Å². The second-order valence-electron chi connectivity index (χ2n) is 3.16. The molecule has 0 radical (unpaired) electrons. The predicted molar refractivity (Wildman–Crippen MR) is 67.1 cm³/mol. The summed E-state index contributed by atoms with van der Waals surface area (Å²) in [4.78, 5) is 0. The van der Waals surface area contributed by atoms with E-state index in [1.54, 1.807) is 0 Å². The van der Waals surface area contributed by atoms with E-state index in [1.165, 1.54) is 5.56 Å². The first-order valence-corrected chi connectivity index (χ1v) is 5.30. The van der Waals surface area contributed by atoms with Crippen molar-refractivity contribution in [1.29, 1.82) is 0 Å². The van der Waals surface area contributed by atoms with Crippen LogP contribution in [0.4, 0.5) is 0 Å². The fraction of sp³-hybridized carbons (Fsp3) is 0.500. The zero-order valence-corrected chi connectivity index (χ0v) is 10.3. The van der Waals surface area contributed by atoms with Crippen LogP contribution in [0, 0.1) is 0 Å². The highest BCUT2D eigenvalue weighted by molar-refractivity contribution is 5.85. The zero-order chi connectivity index (χ0) is 10.2. The lowest BCUT2D eigenvalue weighted by Gasteiger charge is -2.09. The van der Waals surface area contributed by atoms with Crippen molar-refractivity contribution in [3.8, 4) is 5.75 Å². The molecule has 1 N–H and O–H groups in total. The summed E-state index contributed by atoms with van der Waals surface area (Å²) in [6.07, 6.45) is 1.03. The lowest BCUT2D eigenvalue weighted by molar-refractivity contribution is 0.312. The third-order valence-corrected chi connectivity index (χ3v) is 2.14. The summed E-state index contributed by atoms with van der Waals surface area (Å²) in [7, 11) is 0. The van der Waals surface area contributed by atoms with Crippen molar-refractivity contribution in [2.45, 2.75) is 20.3 Å². The van der Waals surface area contributed by atoms with Crippen LogP contribution in [0.15, 0.2) is 24.3 Å². The SMILES string of the molecule is CCNCCOc1ccccc1CC.Cl. The third-order valence-electron chi connectivity index (χ3n) is 2.14. The number of halogens is 1. The number of likely N-dealkylation sites (N-methyl/N-ethyl adjacent to an activating group) is 1. The van der Waals surface area contributed by atoms with Gasteiger partial charge in [-0.3, -0.25) is 0 Å². The highest BCUT2D eigenvalue weighted by Crippen LogP contribution is 2.17. The maximum absolute atomic E-state index is 5.67. The Morgan fingerprint density at radius 2 is 1.93 bits per heavy atom. The molecule has 0 saturated carbocycles. The van der Waals surface area contributed by atoms with Crippen LogP contribution >= 0.6 is 12.4 Å². The summed E-state index contributed by atoms with van der Waals surface area (Å²) in [5, 5.41) is 3.23. The number of benzene rings is 1. The van der Waals surface area contributed by atoms with Gasteiger partial charge in [0.05, 0.1) is 0 Å². The molecule has 3 heteroatoms. The van der Waals surface area contributed by atoms with E-state index < -0.39 is 0 Å². The van der Waals surface area contributed by atoms with E-state index in [0.29, 0.717) is 0 Å². The fourth-order valence-electron chi connectivity index (χ4n) is 1.35. The van der Waals surface area contributed by atoms with E-state index in [4.69, 9.17) is 4.74 Å². The van der Waals surface area contributed by atoms with E-state index in [-0.39, 0.29) is 12.4 Å². The molecule has 86 valence electrons. The van der Waals surface area contributed by atoms with Gasteiger partial charge in [0, 0.05) is 6.54 Å². The van der Waals surface area contributed by atoms with Gasteiger partial charge in [-0.15, -0.1) is 12.4 Å². The Bertz CT molecular complexity index is 266. The van der Waals surface area contributed by atoms with Crippen molar-refractivity contribution in [2.75, 3.05) is 19.7 Å². The number of aryl methyl sites for hydroxylation is 1. The summed E-state index contributed by atoms with van der Waals surface area (Å²) < 4.78 is 5.67. The quantitative estimate of drug-likeness (QED) is 0.758. The van der Waals surface area contributed by atoms with Gasteiger partial charge in [0.25, 0.3) is 0 Å². The first-order chi connectivity index (χ1) is 6.88. The monoisotopic (exact) mass is 229 g/mol. The predicted octanol–water partition coefficient (Wildman–Crippen LogP) is 2.66. The van der Waals surface area contributed by atoms with Gasteiger partial charge in [0.2, 0.25) is 0 Å². The van der Waals surface area contributed by atoms with Crippen LogP contribution in [0.25, 0.3) is 0 Å². The molecule has 0 spiro atoms. The summed E-state index contributed by atoms with van der Waals surface area (Å²) in [5.74, 6) is 1.02. The molecule has 2 nitrogen and oxygen atoms in total. The van der Waals surface area contributed by atoms with Crippen molar-refractivity contribution >= 4 is 12.4 Å². The topological polar surface area (TPSA) is 21.3 Å². The highest BCUT2D eigenvalue weighted by atomic mass is 35.5. The molecule has 1 rings (SSSR count). The molecule has 0 atom stereocenters. The standard InChI is InChI=1S/C12H19NO.ClH/c1-3-11-7-5-6-8-12(11)14-10-9-13-4-2;/h5-8,13H,3-4,9-10H2,1-2H3;1H. The largest absolute Gasteiger partial charge is 0.492 e. The number of hydrogen-bond donors (Lipinski definition) is 1. The average Bonchev–Trinajstić information content (AvgIpc) is 2.25. The maximum atomic E-state index is 5.67. The Morgan fingerprint density at radius 3 is 2.60 bits per heavy atom. The van der Waals surface area contributed by atoms with Crippen molar-refractivity contribution in [1.82, 2.24) is 5.32 Å². The summed E-state index contributed by atoms with van der Waals surface area (Å²) in [5.41, 5.74) is 1.28. The van der Waals surface area contributed by atoms with Crippen molar-refractivity contribution in [3.05, 3.63) is 29.8 Å². The number of rotatable bonds is 6. The van der Waals surface area contributed by atoms with Crippen LogP contribution in [-0.4, -0.2) is 19.7 Å². The fourth-order valence-corrected chi connectivity index (χ4v) is 1.35. The van der Waals surface area contributed by atoms with Crippen LogP contribution in [-0.2, 0) is 6.42 Å². The summed E-state index contributed by atoms with van der Waals surface area (Å²) in [6.45, 7) is 6.89. The van der Waals surface area contributed by atoms with Gasteiger partial charge in [0.1, 0.15) is 12.4 Å². The molecule has 1 aromatic rings. The number of hydrogen-bond acceptors (Lipinski definition) is 2. The molecule has 1 aromatic carbocycles. The number of ether oxygens (including phenoxy) is 1. The molecule has 0 aliphatic rings. The maximum Gasteiger partial charge on any atom is 0.122 e. The smallest absolute Gasteiger partial charge is 0.122 e. The van der Waals surface area contributed by atoms with Gasteiger partial charge in [-0.25, -0.2) is 0 Å². The van der Waals surface area contributed by atoms with Crippen LogP contribution in [0.5, 0.6) is 5.75 Å².